The first-order valence-electron chi connectivity index (χ1n) is 10.8. The average molecular weight is 496 g/mol. The quantitative estimate of drug-likeness (QED) is 0.307. The number of nitrogens with zero attached hydrogens (tertiary/aromatic N) is 4. The highest BCUT2D eigenvalue weighted by Gasteiger charge is 2.22. The molecule has 2 aromatic heterocycles. The molecule has 1 amide bonds. The molecule has 0 radical (unpaired) electrons. The Morgan fingerprint density at radius 1 is 1.27 bits per heavy atom. The number of aryl methyl sites for hydroxylation is 2. The van der Waals surface area contributed by atoms with Crippen LogP contribution in [0.4, 0.5) is 5.00 Å². The molecule has 0 saturated carbocycles. The second kappa shape index (κ2) is 11.1. The molecule has 9 heteroatoms. The van der Waals surface area contributed by atoms with E-state index < -0.39 is 0 Å². The number of amides is 1. The summed E-state index contributed by atoms with van der Waals surface area (Å²) >= 11 is 4.60. The number of thioether (sulfide) groups is 2. The van der Waals surface area contributed by atoms with Gasteiger partial charge in [-0.15, -0.1) is 39.9 Å². The standard InChI is InChI=1S/C24H25N5OS3/c1-3-12-29-21(14-31-17-10-8-16(2)9-11-17)27-28-24(29)32-15-22(30)26-23-19(13-25)18-6-4-5-7-20(18)33-23/h3,8-11H,1,4-7,12,14-15H2,2H3,(H,26,30). The van der Waals surface area contributed by atoms with Gasteiger partial charge in [-0.25, -0.2) is 0 Å². The minimum Gasteiger partial charge on any atom is -0.316 e. The lowest BCUT2D eigenvalue weighted by atomic mass is 9.96. The number of nitriles is 1. The first-order chi connectivity index (χ1) is 16.1. The molecule has 3 aromatic rings. The molecule has 0 unspecified atom stereocenters. The summed E-state index contributed by atoms with van der Waals surface area (Å²) in [5.41, 5.74) is 2.99. The van der Waals surface area contributed by atoms with E-state index >= 15 is 0 Å². The van der Waals surface area contributed by atoms with Crippen molar-refractivity contribution in [3.63, 3.8) is 0 Å². The molecule has 0 fully saturated rings. The molecule has 2 heterocycles. The minimum atomic E-state index is -0.140. The Labute approximate surface area is 206 Å². The van der Waals surface area contributed by atoms with Gasteiger partial charge in [0, 0.05) is 16.3 Å². The number of carbonyl (C=O) groups excluding carboxylic acids is 1. The summed E-state index contributed by atoms with van der Waals surface area (Å²) in [5, 5.41) is 22.6. The molecule has 0 spiro atoms. The Hall–Kier alpha value is -2.54. The van der Waals surface area contributed by atoms with Crippen LogP contribution >= 0.6 is 34.9 Å². The number of aromatic nitrogens is 3. The molecule has 0 aliphatic heterocycles. The predicted octanol–water partition coefficient (Wildman–Crippen LogP) is 5.61. The first-order valence-corrected chi connectivity index (χ1v) is 13.6. The van der Waals surface area contributed by atoms with Crippen molar-refractivity contribution >= 4 is 45.8 Å². The van der Waals surface area contributed by atoms with Crippen LogP contribution in [-0.4, -0.2) is 26.4 Å². The Bertz CT molecular complexity index is 1190. The van der Waals surface area contributed by atoms with Crippen molar-refractivity contribution in [1.82, 2.24) is 14.8 Å². The number of hydrogen-bond donors (Lipinski definition) is 1. The van der Waals surface area contributed by atoms with Crippen LogP contribution in [0.5, 0.6) is 0 Å². The van der Waals surface area contributed by atoms with Gasteiger partial charge in [0.2, 0.25) is 5.91 Å². The number of carbonyl (C=O) groups is 1. The largest absolute Gasteiger partial charge is 0.316 e. The molecule has 0 bridgehead atoms. The van der Waals surface area contributed by atoms with Crippen LogP contribution in [0.2, 0.25) is 0 Å². The number of anilines is 1. The zero-order valence-electron chi connectivity index (χ0n) is 18.5. The fraction of sp³-hybridized carbons (Fsp3) is 0.333. The molecular weight excluding hydrogens is 470 g/mol. The highest BCUT2D eigenvalue weighted by Crippen LogP contribution is 2.37. The summed E-state index contributed by atoms with van der Waals surface area (Å²) in [6.07, 6.45) is 5.97. The lowest BCUT2D eigenvalue weighted by molar-refractivity contribution is -0.113. The highest BCUT2D eigenvalue weighted by atomic mass is 32.2. The topological polar surface area (TPSA) is 83.6 Å². The Morgan fingerprint density at radius 2 is 2.06 bits per heavy atom. The zero-order chi connectivity index (χ0) is 23.2. The van der Waals surface area contributed by atoms with Crippen molar-refractivity contribution in [3.8, 4) is 6.07 Å². The van der Waals surface area contributed by atoms with Gasteiger partial charge in [0.15, 0.2) is 5.16 Å². The number of allylic oxidation sites excluding steroid dienone is 1. The lowest BCUT2D eigenvalue weighted by Crippen LogP contribution is -2.14. The molecule has 1 aliphatic carbocycles. The monoisotopic (exact) mass is 495 g/mol. The Kier molecular flexibility index (Phi) is 7.91. The molecule has 1 aliphatic rings. The maximum Gasteiger partial charge on any atom is 0.235 e. The Morgan fingerprint density at radius 3 is 2.82 bits per heavy atom. The van der Waals surface area contributed by atoms with Crippen LogP contribution in [0.25, 0.3) is 0 Å². The van der Waals surface area contributed by atoms with Gasteiger partial charge in [0.1, 0.15) is 16.9 Å². The third kappa shape index (κ3) is 5.69. The molecular formula is C24H25N5OS3. The number of hydrogen-bond acceptors (Lipinski definition) is 7. The molecule has 1 aromatic carbocycles. The molecule has 33 heavy (non-hydrogen) atoms. The van der Waals surface area contributed by atoms with Crippen molar-refractivity contribution in [2.75, 3.05) is 11.1 Å². The third-order valence-corrected chi connectivity index (χ3v) is 8.54. The molecule has 0 atom stereocenters. The summed E-state index contributed by atoms with van der Waals surface area (Å²) in [4.78, 5) is 15.1. The van der Waals surface area contributed by atoms with E-state index in [0.717, 1.165) is 37.1 Å². The second-order valence-electron chi connectivity index (χ2n) is 7.76. The van der Waals surface area contributed by atoms with E-state index in [1.165, 1.54) is 27.1 Å². The van der Waals surface area contributed by atoms with Crippen molar-refractivity contribution in [2.24, 2.45) is 0 Å². The molecule has 170 valence electrons. The minimum absolute atomic E-state index is 0.140. The molecule has 0 saturated heterocycles. The van der Waals surface area contributed by atoms with E-state index in [0.29, 0.717) is 28.0 Å². The molecule has 1 N–H and O–H groups in total. The van der Waals surface area contributed by atoms with Crippen LogP contribution in [0.15, 0.2) is 47.0 Å². The maximum atomic E-state index is 12.7. The zero-order valence-corrected chi connectivity index (χ0v) is 20.9. The number of nitrogens with one attached hydrogen (secondary N) is 1. The van der Waals surface area contributed by atoms with E-state index in [2.05, 4.69) is 59.4 Å². The van der Waals surface area contributed by atoms with Crippen molar-refractivity contribution < 1.29 is 4.79 Å². The van der Waals surface area contributed by atoms with E-state index in [1.807, 2.05) is 10.6 Å². The number of fused-ring (bicyclic) bond motifs is 1. The molecule has 6 nitrogen and oxygen atoms in total. The lowest BCUT2D eigenvalue weighted by Gasteiger charge is -2.09. The van der Waals surface area contributed by atoms with Gasteiger partial charge in [-0.05, 0) is 50.3 Å². The number of thiophene rings is 1. The van der Waals surface area contributed by atoms with Gasteiger partial charge in [-0.2, -0.15) is 5.26 Å². The average Bonchev–Trinajstić information content (AvgIpc) is 3.37. The van der Waals surface area contributed by atoms with Crippen molar-refractivity contribution in [3.05, 3.63) is 64.3 Å². The second-order valence-corrected chi connectivity index (χ2v) is 10.9. The van der Waals surface area contributed by atoms with E-state index in [-0.39, 0.29) is 11.7 Å². The van der Waals surface area contributed by atoms with E-state index in [4.69, 9.17) is 0 Å². The third-order valence-electron chi connectivity index (χ3n) is 5.36. The van der Waals surface area contributed by atoms with Gasteiger partial charge >= 0.3 is 0 Å². The van der Waals surface area contributed by atoms with Crippen molar-refractivity contribution in [1.29, 1.82) is 5.26 Å². The fourth-order valence-corrected chi connectivity index (χ4v) is 6.55. The van der Waals surface area contributed by atoms with Gasteiger partial charge in [0.05, 0.1) is 17.1 Å². The van der Waals surface area contributed by atoms with Crippen molar-refractivity contribution in [2.45, 2.75) is 55.0 Å². The molecule has 4 rings (SSSR count). The summed E-state index contributed by atoms with van der Waals surface area (Å²) < 4.78 is 2.00. The normalized spacial score (nSPS) is 12.7. The van der Waals surface area contributed by atoms with Gasteiger partial charge < -0.3 is 9.88 Å². The highest BCUT2D eigenvalue weighted by molar-refractivity contribution is 7.99. The van der Waals surface area contributed by atoms with Crippen LogP contribution in [-0.2, 0) is 29.9 Å². The maximum absolute atomic E-state index is 12.7. The van der Waals surface area contributed by atoms with Crippen LogP contribution in [0, 0.1) is 18.3 Å². The van der Waals surface area contributed by atoms with Crippen LogP contribution in [0.1, 0.15) is 40.2 Å². The van der Waals surface area contributed by atoms with Gasteiger partial charge in [-0.1, -0.05) is 35.5 Å². The fourth-order valence-electron chi connectivity index (χ4n) is 3.69. The summed E-state index contributed by atoms with van der Waals surface area (Å²) in [6, 6.07) is 10.7. The SMILES string of the molecule is C=CCn1c(CSc2ccc(C)cc2)nnc1SCC(=O)Nc1sc2c(c1C#N)CCCC2. The summed E-state index contributed by atoms with van der Waals surface area (Å²) in [7, 11) is 0. The predicted molar refractivity (Wildman–Crippen MR) is 136 cm³/mol. The summed E-state index contributed by atoms with van der Waals surface area (Å²) in [5.74, 6) is 1.59. The summed E-state index contributed by atoms with van der Waals surface area (Å²) in [6.45, 7) is 6.50. The number of rotatable bonds is 9. The van der Waals surface area contributed by atoms with Gasteiger partial charge in [-0.3, -0.25) is 4.79 Å². The van der Waals surface area contributed by atoms with E-state index in [9.17, 15) is 10.1 Å². The van der Waals surface area contributed by atoms with E-state index in [1.54, 1.807) is 23.1 Å². The van der Waals surface area contributed by atoms with Gasteiger partial charge in [0.25, 0.3) is 0 Å². The number of benzene rings is 1. The van der Waals surface area contributed by atoms with Crippen LogP contribution in [0.3, 0.4) is 0 Å². The Balaban J connectivity index is 1.39. The van der Waals surface area contributed by atoms with Crippen LogP contribution < -0.4 is 5.32 Å². The smallest absolute Gasteiger partial charge is 0.235 e. The first kappa shape index (κ1) is 23.6.